The van der Waals surface area contributed by atoms with Gasteiger partial charge in [0.05, 0.1) is 18.2 Å². The van der Waals surface area contributed by atoms with E-state index in [1.807, 2.05) is 12.5 Å². The first-order chi connectivity index (χ1) is 7.69. The van der Waals surface area contributed by atoms with Crippen LogP contribution in [0, 0.1) is 0 Å². The Morgan fingerprint density at radius 2 is 2.31 bits per heavy atom. The first-order valence-electron chi connectivity index (χ1n) is 6.10. The van der Waals surface area contributed by atoms with Crippen molar-refractivity contribution in [2.45, 2.75) is 46.7 Å². The number of hydrogen-bond acceptors (Lipinski definition) is 2. The minimum absolute atomic E-state index is 0.431. The van der Waals surface area contributed by atoms with Gasteiger partial charge in [-0.15, -0.1) is 0 Å². The van der Waals surface area contributed by atoms with Crippen molar-refractivity contribution in [3.05, 3.63) is 23.8 Å². The predicted molar refractivity (Wildman–Crippen MR) is 69.3 cm³/mol. The van der Waals surface area contributed by atoms with E-state index in [1.54, 1.807) is 0 Å². The largest absolute Gasteiger partial charge is 0.331 e. The third-order valence-corrected chi connectivity index (χ3v) is 2.84. The van der Waals surface area contributed by atoms with Crippen molar-refractivity contribution in [1.29, 1.82) is 0 Å². The highest BCUT2D eigenvalue weighted by Gasteiger charge is 2.04. The molecule has 1 rings (SSSR count). The summed E-state index contributed by atoms with van der Waals surface area (Å²) in [6.45, 7) is 10.7. The van der Waals surface area contributed by atoms with Gasteiger partial charge >= 0.3 is 0 Å². The topological polar surface area (TPSA) is 29.9 Å². The fourth-order valence-electron chi connectivity index (χ4n) is 1.60. The van der Waals surface area contributed by atoms with Crippen LogP contribution >= 0.6 is 0 Å². The Hall–Kier alpha value is -1.09. The van der Waals surface area contributed by atoms with Crippen molar-refractivity contribution in [1.82, 2.24) is 14.9 Å². The lowest BCUT2D eigenvalue weighted by Gasteiger charge is -2.14. The lowest BCUT2D eigenvalue weighted by molar-refractivity contribution is 0.603. The molecule has 0 spiro atoms. The number of aromatic nitrogens is 2. The molecule has 0 amide bonds. The minimum Gasteiger partial charge on any atom is -0.331 e. The van der Waals surface area contributed by atoms with Crippen LogP contribution in [0.2, 0.25) is 0 Å². The number of aryl methyl sites for hydroxylation is 1. The van der Waals surface area contributed by atoms with Gasteiger partial charge in [-0.1, -0.05) is 12.5 Å². The molecule has 0 saturated carbocycles. The van der Waals surface area contributed by atoms with Crippen molar-refractivity contribution >= 4 is 6.08 Å². The van der Waals surface area contributed by atoms with Crippen molar-refractivity contribution in [3.63, 3.8) is 0 Å². The van der Waals surface area contributed by atoms with E-state index in [-0.39, 0.29) is 0 Å². The molecule has 1 heterocycles. The van der Waals surface area contributed by atoms with Crippen LogP contribution < -0.4 is 5.32 Å². The summed E-state index contributed by atoms with van der Waals surface area (Å²) in [5, 5.41) is 3.48. The molecule has 1 atom stereocenters. The number of nitrogens with zero attached hydrogens (tertiary/aromatic N) is 2. The van der Waals surface area contributed by atoms with Crippen molar-refractivity contribution < 1.29 is 0 Å². The summed E-state index contributed by atoms with van der Waals surface area (Å²) in [6.07, 6.45) is 7.18. The van der Waals surface area contributed by atoms with E-state index < -0.39 is 0 Å². The molecule has 0 aliphatic rings. The molecule has 16 heavy (non-hydrogen) atoms. The maximum atomic E-state index is 4.17. The van der Waals surface area contributed by atoms with Gasteiger partial charge in [0.25, 0.3) is 0 Å². The van der Waals surface area contributed by atoms with Crippen LogP contribution in [0.25, 0.3) is 6.08 Å². The van der Waals surface area contributed by atoms with E-state index >= 15 is 0 Å². The van der Waals surface area contributed by atoms with E-state index in [4.69, 9.17) is 0 Å². The predicted octanol–water partition coefficient (Wildman–Crippen LogP) is 2.69. The molecule has 0 aliphatic heterocycles. The Morgan fingerprint density at radius 1 is 1.56 bits per heavy atom. The molecule has 3 heteroatoms. The summed E-state index contributed by atoms with van der Waals surface area (Å²) in [5.41, 5.74) is 2.54. The summed E-state index contributed by atoms with van der Waals surface area (Å²) in [4.78, 5) is 4.17. The monoisotopic (exact) mass is 221 g/mol. The summed E-state index contributed by atoms with van der Waals surface area (Å²) in [5.74, 6) is 0. The molecule has 0 aliphatic carbocycles. The summed E-state index contributed by atoms with van der Waals surface area (Å²) >= 11 is 0. The highest BCUT2D eigenvalue weighted by molar-refractivity contribution is 5.49. The Balaban J connectivity index is 2.68. The van der Waals surface area contributed by atoms with Gasteiger partial charge in [-0.2, -0.15) is 0 Å². The van der Waals surface area contributed by atoms with Crippen LogP contribution in [0.3, 0.4) is 0 Å². The van der Waals surface area contributed by atoms with Crippen LogP contribution in [0.1, 0.15) is 39.8 Å². The molecule has 0 saturated heterocycles. The molecule has 0 fully saturated rings. The molecule has 1 N–H and O–H groups in total. The maximum Gasteiger partial charge on any atom is 0.0950 e. The molecule has 0 radical (unpaired) electrons. The van der Waals surface area contributed by atoms with Gasteiger partial charge in [0.2, 0.25) is 0 Å². The highest BCUT2D eigenvalue weighted by atomic mass is 15.0. The lowest BCUT2D eigenvalue weighted by atomic mass is 10.1. The quantitative estimate of drug-likeness (QED) is 0.800. The van der Waals surface area contributed by atoms with E-state index in [9.17, 15) is 0 Å². The lowest BCUT2D eigenvalue weighted by Crippen LogP contribution is -2.27. The van der Waals surface area contributed by atoms with Gasteiger partial charge in [0.15, 0.2) is 0 Å². The third kappa shape index (κ3) is 3.49. The van der Waals surface area contributed by atoms with Gasteiger partial charge in [-0.05, 0) is 39.8 Å². The Kier molecular flexibility index (Phi) is 5.26. The number of nitrogens with one attached hydrogen (secondary N) is 1. The smallest absolute Gasteiger partial charge is 0.0950 e. The molecule has 0 bridgehead atoms. The van der Waals surface area contributed by atoms with Gasteiger partial charge in [0.1, 0.15) is 0 Å². The summed E-state index contributed by atoms with van der Waals surface area (Å²) < 4.78 is 2.15. The normalized spacial score (nSPS) is 14.1. The molecule has 1 unspecified atom stereocenters. The summed E-state index contributed by atoms with van der Waals surface area (Å²) in [6, 6.07) is 0.431. The van der Waals surface area contributed by atoms with Crippen LogP contribution in [-0.2, 0) is 6.54 Å². The van der Waals surface area contributed by atoms with Gasteiger partial charge in [-0.3, -0.25) is 0 Å². The molecular weight excluding hydrogens is 198 g/mol. The SMILES string of the molecule is CCCNC(C)C(C)=Cc1cncn1CC. The van der Waals surface area contributed by atoms with E-state index in [0.717, 1.165) is 13.1 Å². The maximum absolute atomic E-state index is 4.17. The Labute approximate surface area is 98.6 Å². The fourth-order valence-corrected chi connectivity index (χ4v) is 1.60. The van der Waals surface area contributed by atoms with Crippen LogP contribution in [0.4, 0.5) is 0 Å². The standard InChI is InChI=1S/C13H23N3/c1-5-7-15-12(4)11(3)8-13-9-14-10-16(13)6-2/h8-10,12,15H,5-7H2,1-4H3. The first-order valence-corrected chi connectivity index (χ1v) is 6.10. The summed E-state index contributed by atoms with van der Waals surface area (Å²) in [7, 11) is 0. The van der Waals surface area contributed by atoms with Crippen molar-refractivity contribution in [2.75, 3.05) is 6.54 Å². The number of hydrogen-bond donors (Lipinski definition) is 1. The number of rotatable bonds is 6. The molecule has 90 valence electrons. The van der Waals surface area contributed by atoms with Crippen molar-refractivity contribution in [2.24, 2.45) is 0 Å². The van der Waals surface area contributed by atoms with Gasteiger partial charge in [0, 0.05) is 12.6 Å². The van der Waals surface area contributed by atoms with Crippen molar-refractivity contribution in [3.8, 4) is 0 Å². The zero-order valence-electron chi connectivity index (χ0n) is 10.8. The van der Waals surface area contributed by atoms with Crippen LogP contribution in [0.5, 0.6) is 0 Å². The van der Waals surface area contributed by atoms with Crippen LogP contribution in [-0.4, -0.2) is 22.1 Å². The average Bonchev–Trinajstić information content (AvgIpc) is 2.72. The first kappa shape index (κ1) is 13.0. The molecular formula is C13H23N3. The zero-order chi connectivity index (χ0) is 12.0. The second-order valence-electron chi connectivity index (χ2n) is 4.17. The Bertz CT molecular complexity index is 339. The Morgan fingerprint density at radius 3 is 2.94 bits per heavy atom. The van der Waals surface area contributed by atoms with E-state index in [0.29, 0.717) is 6.04 Å². The molecule has 1 aromatic heterocycles. The minimum atomic E-state index is 0.431. The molecule has 1 aromatic rings. The highest BCUT2D eigenvalue weighted by Crippen LogP contribution is 2.09. The fraction of sp³-hybridized carbons (Fsp3) is 0.615. The van der Waals surface area contributed by atoms with Gasteiger partial charge in [-0.25, -0.2) is 4.98 Å². The molecule has 0 aromatic carbocycles. The number of imidazole rings is 1. The van der Waals surface area contributed by atoms with E-state index in [1.165, 1.54) is 17.7 Å². The second kappa shape index (κ2) is 6.48. The average molecular weight is 221 g/mol. The zero-order valence-corrected chi connectivity index (χ0v) is 10.8. The van der Waals surface area contributed by atoms with Gasteiger partial charge < -0.3 is 9.88 Å². The van der Waals surface area contributed by atoms with E-state index in [2.05, 4.69) is 48.6 Å². The second-order valence-corrected chi connectivity index (χ2v) is 4.17. The van der Waals surface area contributed by atoms with Crippen LogP contribution in [0.15, 0.2) is 18.1 Å². The molecule has 3 nitrogen and oxygen atoms in total. The third-order valence-electron chi connectivity index (χ3n) is 2.84.